The van der Waals surface area contributed by atoms with Gasteiger partial charge in [-0.2, -0.15) is 0 Å². The van der Waals surface area contributed by atoms with E-state index >= 15 is 0 Å². The first-order chi connectivity index (χ1) is 8.16. The van der Waals surface area contributed by atoms with Gasteiger partial charge in [0.25, 0.3) is 0 Å². The third-order valence-electron chi connectivity index (χ3n) is 2.72. The molecule has 1 N–H and O–H groups in total. The summed E-state index contributed by atoms with van der Waals surface area (Å²) in [5, 5.41) is 10.0. The maximum atomic E-state index is 10.0. The Labute approximate surface area is 101 Å². The van der Waals surface area contributed by atoms with Crippen molar-refractivity contribution in [3.63, 3.8) is 0 Å². The summed E-state index contributed by atoms with van der Waals surface area (Å²) in [7, 11) is 0. The van der Waals surface area contributed by atoms with E-state index in [0.717, 1.165) is 28.6 Å². The highest BCUT2D eigenvalue weighted by atomic mass is 16.3. The first-order valence-corrected chi connectivity index (χ1v) is 5.70. The second-order valence-electron chi connectivity index (χ2n) is 4.32. The number of allylic oxidation sites excluding steroid dienone is 1. The number of hydrogen-bond donors (Lipinski definition) is 1. The fourth-order valence-corrected chi connectivity index (χ4v) is 1.74. The monoisotopic (exact) mass is 228 g/mol. The van der Waals surface area contributed by atoms with Gasteiger partial charge in [0.2, 0.25) is 0 Å². The van der Waals surface area contributed by atoms with Crippen LogP contribution in [0.4, 0.5) is 0 Å². The molecule has 88 valence electrons. The summed E-state index contributed by atoms with van der Waals surface area (Å²) in [5.74, 6) is 0. The predicted molar refractivity (Wildman–Crippen MR) is 68.5 cm³/mol. The molecule has 1 heterocycles. The lowest BCUT2D eigenvalue weighted by atomic mass is 10.0. The Morgan fingerprint density at radius 1 is 1.29 bits per heavy atom. The van der Waals surface area contributed by atoms with Crippen molar-refractivity contribution in [2.75, 3.05) is 0 Å². The molecule has 1 aromatic carbocycles. The van der Waals surface area contributed by atoms with Crippen molar-refractivity contribution in [2.24, 2.45) is 0 Å². The summed E-state index contributed by atoms with van der Waals surface area (Å²) in [6.07, 6.45) is 4.39. The van der Waals surface area contributed by atoms with Crippen LogP contribution in [0.1, 0.15) is 31.4 Å². The lowest BCUT2D eigenvalue weighted by Crippen LogP contribution is -1.98. The minimum atomic E-state index is -0.460. The molecule has 3 heteroatoms. The molecule has 0 aliphatic carbocycles. The molecule has 0 aliphatic rings. The fourth-order valence-electron chi connectivity index (χ4n) is 1.74. The molecule has 0 fully saturated rings. The second-order valence-corrected chi connectivity index (χ2v) is 4.32. The lowest BCUT2D eigenvalue weighted by molar-refractivity contribution is 0.168. The van der Waals surface area contributed by atoms with Crippen LogP contribution in [-0.2, 0) is 0 Å². The van der Waals surface area contributed by atoms with Gasteiger partial charge < -0.3 is 5.11 Å². The minimum absolute atomic E-state index is 0.460. The van der Waals surface area contributed by atoms with Gasteiger partial charge in [-0.05, 0) is 37.5 Å². The smallest absolute Gasteiger partial charge is 0.0890 e. The summed E-state index contributed by atoms with van der Waals surface area (Å²) >= 11 is 0. The van der Waals surface area contributed by atoms with Crippen molar-refractivity contribution in [2.45, 2.75) is 25.9 Å². The van der Waals surface area contributed by atoms with Crippen LogP contribution >= 0.6 is 0 Å². The molecule has 1 unspecified atom stereocenters. The highest BCUT2D eigenvalue weighted by molar-refractivity contribution is 5.74. The number of aromatic nitrogens is 2. The van der Waals surface area contributed by atoms with Crippen molar-refractivity contribution < 1.29 is 5.11 Å². The molecule has 0 saturated carbocycles. The quantitative estimate of drug-likeness (QED) is 0.818. The number of aliphatic hydroxyl groups is 1. The van der Waals surface area contributed by atoms with E-state index in [0.29, 0.717) is 6.42 Å². The lowest BCUT2D eigenvalue weighted by Gasteiger charge is -2.11. The number of fused-ring (bicyclic) bond motifs is 1. The predicted octanol–water partition coefficient (Wildman–Crippen LogP) is 3.02. The zero-order chi connectivity index (χ0) is 12.3. The molecule has 0 amide bonds. The van der Waals surface area contributed by atoms with E-state index in [1.165, 1.54) is 0 Å². The Hall–Kier alpha value is -1.74. The normalized spacial score (nSPS) is 12.6. The van der Waals surface area contributed by atoms with E-state index in [4.69, 9.17) is 0 Å². The molecule has 17 heavy (non-hydrogen) atoms. The van der Waals surface area contributed by atoms with Gasteiger partial charge in [0.1, 0.15) is 0 Å². The zero-order valence-electron chi connectivity index (χ0n) is 9.93. The summed E-state index contributed by atoms with van der Waals surface area (Å²) in [4.78, 5) is 8.43. The molecule has 1 atom stereocenters. The van der Waals surface area contributed by atoms with Crippen molar-refractivity contribution in [1.82, 2.24) is 9.97 Å². The average molecular weight is 228 g/mol. The van der Waals surface area contributed by atoms with Gasteiger partial charge in [0, 0.05) is 12.4 Å². The molecule has 0 radical (unpaired) electrons. The second kappa shape index (κ2) is 5.06. The Morgan fingerprint density at radius 2 is 2.00 bits per heavy atom. The van der Waals surface area contributed by atoms with Crippen LogP contribution in [0.15, 0.2) is 42.7 Å². The van der Waals surface area contributed by atoms with Crippen molar-refractivity contribution in [3.05, 3.63) is 48.3 Å². The van der Waals surface area contributed by atoms with E-state index in [9.17, 15) is 5.11 Å². The Morgan fingerprint density at radius 3 is 2.71 bits per heavy atom. The van der Waals surface area contributed by atoms with E-state index < -0.39 is 6.10 Å². The Balaban J connectivity index is 2.20. The van der Waals surface area contributed by atoms with Gasteiger partial charge in [-0.15, -0.1) is 6.58 Å². The molecule has 0 aliphatic heterocycles. The number of aliphatic hydroxyl groups excluding tert-OH is 1. The SMILES string of the molecule is C=C(C)CCC(O)c1ccc2nccnc2c1. The highest BCUT2D eigenvalue weighted by Gasteiger charge is 2.08. The molecule has 0 saturated heterocycles. The standard InChI is InChI=1S/C14H16N2O/c1-10(2)3-6-14(17)11-4-5-12-13(9-11)16-8-7-15-12/h4-5,7-9,14,17H,1,3,6H2,2H3. The fraction of sp³-hybridized carbons (Fsp3) is 0.286. The van der Waals surface area contributed by atoms with Crippen molar-refractivity contribution >= 4 is 11.0 Å². The van der Waals surface area contributed by atoms with E-state index in [-0.39, 0.29) is 0 Å². The topological polar surface area (TPSA) is 46.0 Å². The van der Waals surface area contributed by atoms with Crippen LogP contribution in [0, 0.1) is 0 Å². The van der Waals surface area contributed by atoms with E-state index in [1.807, 2.05) is 25.1 Å². The van der Waals surface area contributed by atoms with Crippen molar-refractivity contribution in [1.29, 1.82) is 0 Å². The summed E-state index contributed by atoms with van der Waals surface area (Å²) in [5.41, 5.74) is 3.65. The molecule has 2 aromatic rings. The molecule has 0 spiro atoms. The Kier molecular flexibility index (Phi) is 3.49. The molecule has 1 aromatic heterocycles. The summed E-state index contributed by atoms with van der Waals surface area (Å²) < 4.78 is 0. The van der Waals surface area contributed by atoms with Crippen LogP contribution in [0.5, 0.6) is 0 Å². The van der Waals surface area contributed by atoms with Crippen LogP contribution in [0.3, 0.4) is 0 Å². The first-order valence-electron chi connectivity index (χ1n) is 5.70. The van der Waals surface area contributed by atoms with Gasteiger partial charge >= 0.3 is 0 Å². The van der Waals surface area contributed by atoms with Crippen LogP contribution in [0.2, 0.25) is 0 Å². The molecular formula is C14H16N2O. The number of hydrogen-bond acceptors (Lipinski definition) is 3. The Bertz CT molecular complexity index is 536. The van der Waals surface area contributed by atoms with Crippen LogP contribution < -0.4 is 0 Å². The summed E-state index contributed by atoms with van der Waals surface area (Å²) in [6, 6.07) is 5.69. The minimum Gasteiger partial charge on any atom is -0.388 e. The average Bonchev–Trinajstić information content (AvgIpc) is 2.35. The zero-order valence-corrected chi connectivity index (χ0v) is 9.93. The van der Waals surface area contributed by atoms with Gasteiger partial charge in [-0.1, -0.05) is 11.6 Å². The van der Waals surface area contributed by atoms with E-state index in [1.54, 1.807) is 12.4 Å². The van der Waals surface area contributed by atoms with Crippen molar-refractivity contribution in [3.8, 4) is 0 Å². The van der Waals surface area contributed by atoms with Crippen LogP contribution in [-0.4, -0.2) is 15.1 Å². The van der Waals surface area contributed by atoms with Crippen LogP contribution in [0.25, 0.3) is 11.0 Å². The number of rotatable bonds is 4. The van der Waals surface area contributed by atoms with Gasteiger partial charge in [0.05, 0.1) is 17.1 Å². The number of benzene rings is 1. The van der Waals surface area contributed by atoms with Gasteiger partial charge in [-0.3, -0.25) is 9.97 Å². The molecular weight excluding hydrogens is 212 g/mol. The molecule has 2 rings (SSSR count). The first kappa shape index (κ1) is 11.7. The number of nitrogens with zero attached hydrogens (tertiary/aromatic N) is 2. The van der Waals surface area contributed by atoms with Gasteiger partial charge in [-0.25, -0.2) is 0 Å². The molecule has 0 bridgehead atoms. The molecule has 3 nitrogen and oxygen atoms in total. The van der Waals surface area contributed by atoms with E-state index in [2.05, 4.69) is 16.5 Å². The van der Waals surface area contributed by atoms with Gasteiger partial charge in [0.15, 0.2) is 0 Å². The largest absolute Gasteiger partial charge is 0.388 e. The maximum Gasteiger partial charge on any atom is 0.0890 e. The maximum absolute atomic E-state index is 10.0. The summed E-state index contributed by atoms with van der Waals surface area (Å²) in [6.45, 7) is 5.81. The highest BCUT2D eigenvalue weighted by Crippen LogP contribution is 2.22. The third-order valence-corrected chi connectivity index (χ3v) is 2.72. The third kappa shape index (κ3) is 2.88.